The van der Waals surface area contributed by atoms with Crippen LogP contribution in [0.2, 0.25) is 0 Å². The Hall–Kier alpha value is -1.04. The molecule has 1 saturated carbocycles. The Labute approximate surface area is 187 Å². The highest BCUT2D eigenvalue weighted by Crippen LogP contribution is 2.39. The first-order valence-electron chi connectivity index (χ1n) is 13.5. The maximum atomic E-state index is 2.55. The van der Waals surface area contributed by atoms with Gasteiger partial charge in [-0.05, 0) is 91.7 Å². The SMILES string of the molecule is CCCCCCCC1CCC(c2ccc(C3=CCC(CC(C)CC)CC3)cc2)CC1. The first-order valence-corrected chi connectivity index (χ1v) is 13.5. The van der Waals surface area contributed by atoms with E-state index in [4.69, 9.17) is 0 Å². The predicted octanol–water partition coefficient (Wildman–Crippen LogP) is 9.94. The lowest BCUT2D eigenvalue weighted by atomic mass is 9.76. The molecule has 2 atom stereocenters. The van der Waals surface area contributed by atoms with Gasteiger partial charge in [0.1, 0.15) is 0 Å². The predicted molar refractivity (Wildman–Crippen MR) is 134 cm³/mol. The number of hydrogen-bond acceptors (Lipinski definition) is 0. The zero-order valence-electron chi connectivity index (χ0n) is 20.3. The van der Waals surface area contributed by atoms with E-state index in [1.807, 2.05) is 0 Å². The van der Waals surface area contributed by atoms with Gasteiger partial charge in [0.15, 0.2) is 0 Å². The van der Waals surface area contributed by atoms with Crippen molar-refractivity contribution >= 4 is 5.57 Å². The highest BCUT2D eigenvalue weighted by molar-refractivity contribution is 5.66. The second kappa shape index (κ2) is 12.7. The molecule has 0 heterocycles. The van der Waals surface area contributed by atoms with E-state index < -0.39 is 0 Å². The number of benzene rings is 1. The number of allylic oxidation sites excluding steroid dienone is 2. The van der Waals surface area contributed by atoms with Crippen LogP contribution in [-0.4, -0.2) is 0 Å². The minimum absolute atomic E-state index is 0.815. The van der Waals surface area contributed by atoms with Crippen molar-refractivity contribution < 1.29 is 0 Å². The number of hydrogen-bond donors (Lipinski definition) is 0. The van der Waals surface area contributed by atoms with Gasteiger partial charge in [-0.3, -0.25) is 0 Å². The average Bonchev–Trinajstić information content (AvgIpc) is 2.80. The molecule has 1 aromatic rings. The van der Waals surface area contributed by atoms with Crippen LogP contribution in [0.5, 0.6) is 0 Å². The Morgan fingerprint density at radius 3 is 2.20 bits per heavy atom. The van der Waals surface area contributed by atoms with Gasteiger partial charge >= 0.3 is 0 Å². The van der Waals surface area contributed by atoms with Crippen LogP contribution in [0.3, 0.4) is 0 Å². The Bertz CT molecular complexity index is 614. The second-order valence-corrected chi connectivity index (χ2v) is 10.7. The van der Waals surface area contributed by atoms with E-state index in [-0.39, 0.29) is 0 Å². The maximum absolute atomic E-state index is 2.55. The summed E-state index contributed by atoms with van der Waals surface area (Å²) in [5, 5.41) is 0. The molecule has 0 nitrogen and oxygen atoms in total. The Kier molecular flexibility index (Phi) is 10.0. The average molecular weight is 409 g/mol. The topological polar surface area (TPSA) is 0 Å². The molecule has 0 N–H and O–H groups in total. The fraction of sp³-hybridized carbons (Fsp3) is 0.733. The van der Waals surface area contributed by atoms with Crippen molar-refractivity contribution in [3.8, 4) is 0 Å². The van der Waals surface area contributed by atoms with Gasteiger partial charge in [-0.1, -0.05) is 96.1 Å². The molecular weight excluding hydrogens is 360 g/mol. The van der Waals surface area contributed by atoms with Gasteiger partial charge in [-0.15, -0.1) is 0 Å². The normalized spacial score (nSPS) is 25.7. The van der Waals surface area contributed by atoms with Gasteiger partial charge in [-0.25, -0.2) is 0 Å². The minimum atomic E-state index is 0.815. The van der Waals surface area contributed by atoms with Crippen molar-refractivity contribution in [1.29, 1.82) is 0 Å². The first kappa shape index (κ1) is 23.6. The van der Waals surface area contributed by atoms with Crippen molar-refractivity contribution in [3.63, 3.8) is 0 Å². The fourth-order valence-corrected chi connectivity index (χ4v) is 5.89. The van der Waals surface area contributed by atoms with Crippen LogP contribution < -0.4 is 0 Å². The van der Waals surface area contributed by atoms with Gasteiger partial charge in [0.2, 0.25) is 0 Å². The number of unbranched alkanes of at least 4 members (excludes halogenated alkanes) is 4. The van der Waals surface area contributed by atoms with E-state index in [0.717, 1.165) is 23.7 Å². The summed E-state index contributed by atoms with van der Waals surface area (Å²) in [6.07, 6.45) is 23.7. The third kappa shape index (κ3) is 7.28. The van der Waals surface area contributed by atoms with E-state index in [1.54, 1.807) is 11.1 Å². The van der Waals surface area contributed by atoms with E-state index in [2.05, 4.69) is 51.1 Å². The van der Waals surface area contributed by atoms with Crippen molar-refractivity contribution in [2.75, 3.05) is 0 Å². The summed E-state index contributed by atoms with van der Waals surface area (Å²) in [7, 11) is 0. The number of rotatable bonds is 11. The highest BCUT2D eigenvalue weighted by atomic mass is 14.3. The maximum Gasteiger partial charge on any atom is -0.0162 e. The third-order valence-electron chi connectivity index (χ3n) is 8.27. The molecule has 0 spiro atoms. The summed E-state index contributed by atoms with van der Waals surface area (Å²) < 4.78 is 0. The molecule has 0 heteroatoms. The quantitative estimate of drug-likeness (QED) is 0.319. The standard InChI is InChI=1S/C30H48/c1-4-6-7-8-9-10-25-11-15-27(16-12-25)29-19-21-30(22-20-29)28-17-13-26(14-18-28)23-24(3)5-2/h17,19-22,24-27H,4-16,18,23H2,1-3H3. The van der Waals surface area contributed by atoms with Crippen LogP contribution in [0, 0.1) is 17.8 Å². The zero-order chi connectivity index (χ0) is 21.2. The molecule has 0 bridgehead atoms. The second-order valence-electron chi connectivity index (χ2n) is 10.7. The fourth-order valence-electron chi connectivity index (χ4n) is 5.89. The molecule has 0 aliphatic heterocycles. The van der Waals surface area contributed by atoms with E-state index in [1.165, 1.54) is 102 Å². The van der Waals surface area contributed by atoms with Crippen LogP contribution in [0.25, 0.3) is 5.57 Å². The molecule has 0 amide bonds. The Balaban J connectivity index is 1.42. The first-order chi connectivity index (χ1) is 14.7. The van der Waals surface area contributed by atoms with Crippen LogP contribution >= 0.6 is 0 Å². The molecule has 0 radical (unpaired) electrons. The van der Waals surface area contributed by atoms with E-state index >= 15 is 0 Å². The van der Waals surface area contributed by atoms with Crippen LogP contribution in [-0.2, 0) is 0 Å². The monoisotopic (exact) mass is 408 g/mol. The van der Waals surface area contributed by atoms with Gasteiger partial charge in [-0.2, -0.15) is 0 Å². The molecule has 3 rings (SSSR count). The van der Waals surface area contributed by atoms with Gasteiger partial charge in [0.25, 0.3) is 0 Å². The molecule has 1 fully saturated rings. The van der Waals surface area contributed by atoms with Crippen LogP contribution in [0.15, 0.2) is 30.3 Å². The van der Waals surface area contributed by atoms with Gasteiger partial charge < -0.3 is 0 Å². The van der Waals surface area contributed by atoms with E-state index in [0.29, 0.717) is 0 Å². The molecule has 2 aliphatic carbocycles. The Morgan fingerprint density at radius 1 is 0.833 bits per heavy atom. The van der Waals surface area contributed by atoms with Gasteiger partial charge in [0.05, 0.1) is 0 Å². The lowest BCUT2D eigenvalue weighted by Gasteiger charge is -2.29. The molecule has 2 unspecified atom stereocenters. The van der Waals surface area contributed by atoms with Crippen molar-refractivity contribution in [1.82, 2.24) is 0 Å². The van der Waals surface area contributed by atoms with Crippen molar-refractivity contribution in [2.24, 2.45) is 17.8 Å². The highest BCUT2D eigenvalue weighted by Gasteiger charge is 2.22. The molecule has 30 heavy (non-hydrogen) atoms. The van der Waals surface area contributed by atoms with Crippen LogP contribution in [0.4, 0.5) is 0 Å². The Morgan fingerprint density at radius 2 is 1.57 bits per heavy atom. The largest absolute Gasteiger partial charge is 0.0804 e. The van der Waals surface area contributed by atoms with E-state index in [9.17, 15) is 0 Å². The molecule has 1 aromatic carbocycles. The van der Waals surface area contributed by atoms with Crippen molar-refractivity contribution in [3.05, 3.63) is 41.5 Å². The van der Waals surface area contributed by atoms with Crippen LogP contribution in [0.1, 0.15) is 134 Å². The molecule has 2 aliphatic rings. The third-order valence-corrected chi connectivity index (χ3v) is 8.27. The summed E-state index contributed by atoms with van der Waals surface area (Å²) in [6.45, 7) is 7.06. The zero-order valence-corrected chi connectivity index (χ0v) is 20.3. The molecule has 168 valence electrons. The molecular formula is C30H48. The summed E-state index contributed by atoms with van der Waals surface area (Å²) in [5.74, 6) is 3.64. The van der Waals surface area contributed by atoms with Crippen molar-refractivity contribution in [2.45, 2.75) is 123 Å². The smallest absolute Gasteiger partial charge is 0.0162 e. The lowest BCUT2D eigenvalue weighted by Crippen LogP contribution is -2.13. The summed E-state index contributed by atoms with van der Waals surface area (Å²) in [5.41, 5.74) is 4.70. The van der Waals surface area contributed by atoms with Gasteiger partial charge in [0, 0.05) is 0 Å². The summed E-state index contributed by atoms with van der Waals surface area (Å²) in [6, 6.07) is 9.76. The molecule has 0 saturated heterocycles. The molecule has 0 aromatic heterocycles. The lowest BCUT2D eigenvalue weighted by molar-refractivity contribution is 0.302. The minimum Gasteiger partial charge on any atom is -0.0804 e. The summed E-state index contributed by atoms with van der Waals surface area (Å²) in [4.78, 5) is 0. The summed E-state index contributed by atoms with van der Waals surface area (Å²) >= 11 is 0.